The number of carbonyl (C=O) groups is 2. The first-order valence-corrected chi connectivity index (χ1v) is 42.6. The van der Waals surface area contributed by atoms with E-state index in [0.717, 1.165) is 88.9 Å². The molecular weight excluding hydrogens is 1510 g/mol. The van der Waals surface area contributed by atoms with Gasteiger partial charge in [-0.05, 0) is 202 Å². The van der Waals surface area contributed by atoms with Gasteiger partial charge >= 0.3 is 0 Å². The summed E-state index contributed by atoms with van der Waals surface area (Å²) in [6.07, 6.45) is 26.6. The van der Waals surface area contributed by atoms with Crippen molar-refractivity contribution in [3.05, 3.63) is 288 Å². The third-order valence-corrected chi connectivity index (χ3v) is 28.1. The fourth-order valence-corrected chi connectivity index (χ4v) is 23.3. The first-order chi connectivity index (χ1) is 51.8. The second-order valence-electron chi connectivity index (χ2n) is 28.9. The van der Waals surface area contributed by atoms with E-state index in [0.29, 0.717) is 44.5 Å². The van der Waals surface area contributed by atoms with Gasteiger partial charge < -0.3 is 0 Å². The van der Waals surface area contributed by atoms with E-state index in [1.54, 1.807) is 34.8 Å². The molecule has 15 rings (SSSR count). The normalized spacial score (nSPS) is 14.8. The topological polar surface area (TPSA) is 129 Å². The Labute approximate surface area is 655 Å². The van der Waals surface area contributed by atoms with Crippen molar-refractivity contribution in [2.24, 2.45) is 0 Å². The summed E-state index contributed by atoms with van der Waals surface area (Å²) in [5, 5.41) is 42.0. The van der Waals surface area contributed by atoms with Crippen molar-refractivity contribution in [1.29, 1.82) is 21.0 Å². The molecule has 0 saturated carbocycles. The summed E-state index contributed by atoms with van der Waals surface area (Å²) in [5.41, 5.74) is 18.8. The predicted molar refractivity (Wildman–Crippen MR) is 448 cm³/mol. The summed E-state index contributed by atoms with van der Waals surface area (Å²) in [5.74, 6) is -0.425. The Hall–Kier alpha value is -8.92. The van der Waals surface area contributed by atoms with E-state index in [9.17, 15) is 30.6 Å². The molecule has 12 heteroatoms. The van der Waals surface area contributed by atoms with Crippen LogP contribution in [-0.4, -0.2) is 11.6 Å². The van der Waals surface area contributed by atoms with Crippen LogP contribution in [0.15, 0.2) is 189 Å². The Morgan fingerprint density at radius 1 is 0.368 bits per heavy atom. The molecule has 0 aliphatic heterocycles. The van der Waals surface area contributed by atoms with Crippen molar-refractivity contribution in [3.8, 4) is 45.2 Å². The lowest BCUT2D eigenvalue weighted by molar-refractivity contribution is 0.103. The first kappa shape index (κ1) is 72.6. The lowest BCUT2D eigenvalue weighted by Gasteiger charge is -2.36. The number of nitrogens with zero attached hydrogens (tertiary/aromatic N) is 4. The van der Waals surface area contributed by atoms with Crippen molar-refractivity contribution in [2.75, 3.05) is 0 Å². The van der Waals surface area contributed by atoms with Crippen molar-refractivity contribution < 1.29 is 9.59 Å². The van der Waals surface area contributed by atoms with E-state index in [1.807, 2.05) is 59.1 Å². The minimum Gasteiger partial charge on any atom is -0.289 e. The van der Waals surface area contributed by atoms with Gasteiger partial charge in [-0.25, -0.2) is 0 Å². The van der Waals surface area contributed by atoms with Gasteiger partial charge in [-0.3, -0.25) is 9.59 Å². The number of Topliss-reactive ketones (excluding diaryl/α,β-unsaturated/α-hetero) is 2. The SMILES string of the molecule is CCCCCCc1ccc(C2(c3ccc(CCCCCC)cc3)c3cc4c(cc3-c3sc5cc(/C=C6\C(=O)c7ccc(Br)cc7C6=C(C#N)C#N)sc5c32)C(c2ccc(CCCCCC)cc2)(c2ccc(CCCCCC)cc2)c2c-4sc3cc(/C=C4\C(=O)c5ccc(Br)cc5C4=C(C#N)C#N)sc23)cc1. The lowest BCUT2D eigenvalue weighted by Crippen LogP contribution is -2.30. The van der Waals surface area contributed by atoms with E-state index >= 15 is 0 Å². The molecule has 0 amide bonds. The number of fused-ring (bicyclic) bond motifs is 12. The van der Waals surface area contributed by atoms with Gasteiger partial charge in [-0.15, -0.1) is 45.3 Å². The highest BCUT2D eigenvalue weighted by Crippen LogP contribution is 2.68. The van der Waals surface area contributed by atoms with Crippen molar-refractivity contribution in [1.82, 2.24) is 0 Å². The molecule has 0 radical (unpaired) electrons. The fraction of sp³-hybridized carbons (Fsp3) is 0.277. The van der Waals surface area contributed by atoms with Gasteiger partial charge in [0.1, 0.15) is 35.4 Å². The molecule has 0 saturated heterocycles. The average molecular weight is 1590 g/mol. The summed E-state index contributed by atoms with van der Waals surface area (Å²) in [6, 6.07) is 67.5. The van der Waals surface area contributed by atoms with Crippen LogP contribution in [0.1, 0.15) is 239 Å². The molecule has 4 heterocycles. The number of benzene rings is 7. The van der Waals surface area contributed by atoms with Gasteiger partial charge in [-0.2, -0.15) is 21.0 Å². The highest BCUT2D eigenvalue weighted by Gasteiger charge is 2.55. The highest BCUT2D eigenvalue weighted by molar-refractivity contribution is 9.10. The molecule has 4 aromatic heterocycles. The van der Waals surface area contributed by atoms with Crippen LogP contribution < -0.4 is 0 Å². The molecule has 11 aromatic rings. The molecular formula is C94H80Br2N4O2S4. The number of rotatable bonds is 26. The first-order valence-electron chi connectivity index (χ1n) is 37.8. The monoisotopic (exact) mass is 1580 g/mol. The molecule has 106 heavy (non-hydrogen) atoms. The summed E-state index contributed by atoms with van der Waals surface area (Å²) >= 11 is 14.2. The quantitative estimate of drug-likeness (QED) is 0.0302. The maximum absolute atomic E-state index is 14.8. The van der Waals surface area contributed by atoms with Gasteiger partial charge in [0.25, 0.3) is 0 Å². The Morgan fingerprint density at radius 2 is 0.679 bits per heavy atom. The van der Waals surface area contributed by atoms with E-state index < -0.39 is 10.8 Å². The maximum atomic E-state index is 14.8. The third kappa shape index (κ3) is 12.7. The number of allylic oxidation sites excluding steroid dienone is 6. The zero-order valence-corrected chi connectivity index (χ0v) is 66.7. The van der Waals surface area contributed by atoms with Crippen LogP contribution in [-0.2, 0) is 36.5 Å². The zero-order chi connectivity index (χ0) is 73.4. The number of ketones is 2. The fourth-order valence-electron chi connectivity index (χ4n) is 17.1. The van der Waals surface area contributed by atoms with E-state index in [4.69, 9.17) is 0 Å². The third-order valence-electron chi connectivity index (χ3n) is 22.3. The van der Waals surface area contributed by atoms with Gasteiger partial charge in [0, 0.05) is 82.4 Å². The maximum Gasteiger partial charge on any atom is 0.194 e. The van der Waals surface area contributed by atoms with Crippen LogP contribution in [0.2, 0.25) is 0 Å². The number of hydrogen-bond acceptors (Lipinski definition) is 10. The van der Waals surface area contributed by atoms with Crippen molar-refractivity contribution in [2.45, 2.75) is 167 Å². The summed E-state index contributed by atoms with van der Waals surface area (Å²) < 4.78 is 5.96. The zero-order valence-electron chi connectivity index (χ0n) is 60.3. The van der Waals surface area contributed by atoms with Crippen molar-refractivity contribution in [3.63, 3.8) is 0 Å². The largest absolute Gasteiger partial charge is 0.289 e. The molecule has 4 aliphatic rings. The second-order valence-corrected chi connectivity index (χ2v) is 35.0. The summed E-state index contributed by atoms with van der Waals surface area (Å²) in [7, 11) is 0. The molecule has 0 unspecified atom stereocenters. The number of aryl methyl sites for hydroxylation is 4. The number of halogens is 2. The van der Waals surface area contributed by atoms with Crippen LogP contribution in [0.5, 0.6) is 0 Å². The van der Waals surface area contributed by atoms with E-state index in [1.165, 1.54) is 165 Å². The van der Waals surface area contributed by atoms with E-state index in [-0.39, 0.29) is 22.7 Å². The van der Waals surface area contributed by atoms with Crippen LogP contribution >= 0.6 is 77.2 Å². The number of nitriles is 4. The molecule has 0 spiro atoms. The van der Waals surface area contributed by atoms with E-state index in [2.05, 4.69) is 205 Å². The molecule has 0 N–H and O–H groups in total. The minimum atomic E-state index is -0.851. The molecule has 0 bridgehead atoms. The number of carbonyl (C=O) groups excluding carboxylic acids is 2. The molecule has 4 aliphatic carbocycles. The van der Waals surface area contributed by atoms with Crippen molar-refractivity contribution >= 4 is 131 Å². The Balaban J connectivity index is 1.01. The molecule has 6 nitrogen and oxygen atoms in total. The molecule has 526 valence electrons. The van der Waals surface area contributed by atoms with Gasteiger partial charge in [0.2, 0.25) is 0 Å². The number of unbranched alkanes of at least 4 members (excludes halogenated alkanes) is 12. The van der Waals surface area contributed by atoms with Crippen LogP contribution in [0.4, 0.5) is 0 Å². The average Bonchev–Trinajstić information content (AvgIpc) is 1.49. The number of hydrogen-bond donors (Lipinski definition) is 0. The molecule has 7 aromatic carbocycles. The lowest BCUT2D eigenvalue weighted by atomic mass is 9.65. The van der Waals surface area contributed by atoms with Gasteiger partial charge in [-0.1, -0.05) is 234 Å². The predicted octanol–water partition coefficient (Wildman–Crippen LogP) is 27.1. The minimum absolute atomic E-state index is 0.0983. The number of thiophene rings is 4. The summed E-state index contributed by atoms with van der Waals surface area (Å²) in [6.45, 7) is 9.06. The second kappa shape index (κ2) is 31.1. The Bertz CT molecular complexity index is 5150. The highest BCUT2D eigenvalue weighted by atomic mass is 79.9. The van der Waals surface area contributed by atoms with Crippen LogP contribution in [0, 0.1) is 45.3 Å². The Kier molecular flexibility index (Phi) is 21.3. The Morgan fingerprint density at radius 3 is 0.972 bits per heavy atom. The summed E-state index contributed by atoms with van der Waals surface area (Å²) in [4.78, 5) is 33.6. The van der Waals surface area contributed by atoms with Gasteiger partial charge in [0.15, 0.2) is 11.6 Å². The smallest absolute Gasteiger partial charge is 0.194 e. The van der Waals surface area contributed by atoms with Crippen LogP contribution in [0.25, 0.3) is 63.0 Å². The standard InChI is InChI=1S/C94H80Br2N4O2S4/c1-5-9-13-17-21-57-25-33-63(34-26-57)93(64-35-27-58(28-36-64)22-18-14-10-6-2)79-51-76-80(52-75(79)89-85(93)91-81(105-89)49-69(103-91)47-77-83(61(53-97)54-98)73-45-67(95)41-43-71(73)87(77)101)94(65-37-29-59(30-38-65)23-19-15-11-7-3,66-39-31-60(32-40-66)24-20-16-12-8-4)86-90(76)106-82-50-70(104-92(82)86)48-78-84(62(55-99)56-100)74-46-68(96)42-44-72(74)88(78)102/h25-52H,5-24H2,1-4H3/b77-47-,78-48-. The van der Waals surface area contributed by atoms with Crippen LogP contribution in [0.3, 0.4) is 0 Å². The van der Waals surface area contributed by atoms with Gasteiger partial charge in [0.05, 0.1) is 20.2 Å². The molecule has 0 atom stereocenters. The molecule has 0 fully saturated rings.